The summed E-state index contributed by atoms with van der Waals surface area (Å²) < 4.78 is 0. The van der Waals surface area contributed by atoms with E-state index in [-0.39, 0.29) is 0 Å². The van der Waals surface area contributed by atoms with Crippen molar-refractivity contribution in [2.75, 3.05) is 26.2 Å². The van der Waals surface area contributed by atoms with Crippen molar-refractivity contribution in [3.63, 3.8) is 0 Å². The van der Waals surface area contributed by atoms with Crippen LogP contribution in [0, 0.1) is 0 Å². The van der Waals surface area contributed by atoms with Crippen molar-refractivity contribution in [2.45, 2.75) is 0 Å². The van der Waals surface area contributed by atoms with E-state index in [1.165, 1.54) is 0 Å². The third-order valence-electron chi connectivity index (χ3n) is 2.41. The number of amidine groups is 1. The summed E-state index contributed by atoms with van der Waals surface area (Å²) in [6.45, 7) is 3.31. The van der Waals surface area contributed by atoms with E-state index in [1.54, 1.807) is 0 Å². The SMILES string of the molecule is NCCN1CCN=C1c1cccc(Cl)c1. The number of halogens is 1. The lowest BCUT2D eigenvalue weighted by atomic mass is 10.2. The molecule has 1 aromatic carbocycles. The molecule has 0 aliphatic carbocycles. The van der Waals surface area contributed by atoms with Crippen LogP contribution in [0.15, 0.2) is 29.3 Å². The maximum atomic E-state index is 5.95. The molecule has 0 saturated carbocycles. The molecule has 0 saturated heterocycles. The molecular formula is C11H14ClN3. The van der Waals surface area contributed by atoms with Gasteiger partial charge in [-0.1, -0.05) is 23.7 Å². The van der Waals surface area contributed by atoms with E-state index in [4.69, 9.17) is 17.3 Å². The highest BCUT2D eigenvalue weighted by Gasteiger charge is 2.17. The summed E-state index contributed by atoms with van der Waals surface area (Å²) in [5.41, 5.74) is 6.63. The number of nitrogens with two attached hydrogens (primary N) is 1. The van der Waals surface area contributed by atoms with Crippen molar-refractivity contribution in [3.05, 3.63) is 34.9 Å². The number of hydrogen-bond acceptors (Lipinski definition) is 3. The van der Waals surface area contributed by atoms with Crippen molar-refractivity contribution in [1.82, 2.24) is 4.90 Å². The van der Waals surface area contributed by atoms with Gasteiger partial charge >= 0.3 is 0 Å². The third-order valence-corrected chi connectivity index (χ3v) is 2.65. The molecular weight excluding hydrogens is 210 g/mol. The van der Waals surface area contributed by atoms with Crippen molar-refractivity contribution >= 4 is 17.4 Å². The van der Waals surface area contributed by atoms with E-state index in [0.29, 0.717) is 6.54 Å². The van der Waals surface area contributed by atoms with Gasteiger partial charge in [0.2, 0.25) is 0 Å². The van der Waals surface area contributed by atoms with Gasteiger partial charge in [0.05, 0.1) is 6.54 Å². The fraction of sp³-hybridized carbons (Fsp3) is 0.364. The van der Waals surface area contributed by atoms with Crippen LogP contribution < -0.4 is 5.73 Å². The van der Waals surface area contributed by atoms with Crippen LogP contribution in [0.25, 0.3) is 0 Å². The summed E-state index contributed by atoms with van der Waals surface area (Å²) in [7, 11) is 0. The fourth-order valence-corrected chi connectivity index (χ4v) is 1.95. The monoisotopic (exact) mass is 223 g/mol. The van der Waals surface area contributed by atoms with Crippen molar-refractivity contribution in [1.29, 1.82) is 0 Å². The van der Waals surface area contributed by atoms with Crippen molar-refractivity contribution in [3.8, 4) is 0 Å². The molecule has 0 fully saturated rings. The predicted molar refractivity (Wildman–Crippen MR) is 63.5 cm³/mol. The lowest BCUT2D eigenvalue weighted by Gasteiger charge is -2.19. The highest BCUT2D eigenvalue weighted by molar-refractivity contribution is 6.31. The highest BCUT2D eigenvalue weighted by atomic mass is 35.5. The topological polar surface area (TPSA) is 41.6 Å². The first-order valence-corrected chi connectivity index (χ1v) is 5.44. The number of aliphatic imine (C=N–C) groups is 1. The first kappa shape index (κ1) is 10.5. The Balaban J connectivity index is 2.22. The van der Waals surface area contributed by atoms with E-state index in [0.717, 1.165) is 36.1 Å². The van der Waals surface area contributed by atoms with Crippen LogP contribution >= 0.6 is 11.6 Å². The second-order valence-electron chi connectivity index (χ2n) is 3.49. The minimum atomic E-state index is 0.652. The van der Waals surface area contributed by atoms with E-state index >= 15 is 0 Å². The molecule has 15 heavy (non-hydrogen) atoms. The van der Waals surface area contributed by atoms with Gasteiger partial charge in [-0.3, -0.25) is 4.99 Å². The normalized spacial score (nSPS) is 15.6. The quantitative estimate of drug-likeness (QED) is 0.841. The minimum absolute atomic E-state index is 0.652. The summed E-state index contributed by atoms with van der Waals surface area (Å²) >= 11 is 5.95. The van der Waals surface area contributed by atoms with E-state index in [2.05, 4.69) is 9.89 Å². The van der Waals surface area contributed by atoms with Crippen LogP contribution in [0.2, 0.25) is 5.02 Å². The number of hydrogen-bond donors (Lipinski definition) is 1. The zero-order valence-electron chi connectivity index (χ0n) is 8.49. The van der Waals surface area contributed by atoms with Crippen LogP contribution in [0.3, 0.4) is 0 Å². The van der Waals surface area contributed by atoms with Gasteiger partial charge in [0.25, 0.3) is 0 Å². The second kappa shape index (κ2) is 4.64. The molecule has 0 aromatic heterocycles. The van der Waals surface area contributed by atoms with Crippen LogP contribution in [-0.2, 0) is 0 Å². The molecule has 0 unspecified atom stereocenters. The van der Waals surface area contributed by atoms with Crippen LogP contribution in [0.4, 0.5) is 0 Å². The van der Waals surface area contributed by atoms with Crippen LogP contribution in [-0.4, -0.2) is 36.9 Å². The lowest BCUT2D eigenvalue weighted by Crippen LogP contribution is -2.33. The first-order valence-electron chi connectivity index (χ1n) is 5.06. The highest BCUT2D eigenvalue weighted by Crippen LogP contribution is 2.15. The zero-order chi connectivity index (χ0) is 10.7. The summed E-state index contributed by atoms with van der Waals surface area (Å²) in [6.07, 6.45) is 0. The third kappa shape index (κ3) is 2.30. The molecule has 0 spiro atoms. The Morgan fingerprint density at radius 3 is 3.07 bits per heavy atom. The van der Waals surface area contributed by atoms with E-state index in [9.17, 15) is 0 Å². The Morgan fingerprint density at radius 2 is 2.33 bits per heavy atom. The summed E-state index contributed by atoms with van der Waals surface area (Å²) in [4.78, 5) is 6.68. The van der Waals surface area contributed by atoms with Gasteiger partial charge in [-0.25, -0.2) is 0 Å². The molecule has 1 heterocycles. The van der Waals surface area contributed by atoms with Crippen molar-refractivity contribution in [2.24, 2.45) is 10.7 Å². The molecule has 0 amide bonds. The molecule has 1 aliphatic heterocycles. The van der Waals surface area contributed by atoms with Gasteiger partial charge < -0.3 is 10.6 Å². The molecule has 0 atom stereocenters. The fourth-order valence-electron chi connectivity index (χ4n) is 1.76. The molecule has 0 radical (unpaired) electrons. The first-order chi connectivity index (χ1) is 7.31. The van der Waals surface area contributed by atoms with Gasteiger partial charge in [-0.2, -0.15) is 0 Å². The predicted octanol–water partition coefficient (Wildman–Crippen LogP) is 1.36. The molecule has 1 aliphatic rings. The summed E-state index contributed by atoms with van der Waals surface area (Å²) in [6, 6.07) is 7.78. The second-order valence-corrected chi connectivity index (χ2v) is 3.93. The van der Waals surface area contributed by atoms with Crippen LogP contribution in [0.5, 0.6) is 0 Å². The van der Waals surface area contributed by atoms with E-state index < -0.39 is 0 Å². The smallest absolute Gasteiger partial charge is 0.131 e. The molecule has 80 valence electrons. The average Bonchev–Trinajstić information content (AvgIpc) is 2.66. The van der Waals surface area contributed by atoms with Gasteiger partial charge in [0, 0.05) is 30.2 Å². The van der Waals surface area contributed by atoms with Gasteiger partial charge in [0.15, 0.2) is 0 Å². The zero-order valence-corrected chi connectivity index (χ0v) is 9.24. The molecule has 0 bridgehead atoms. The minimum Gasteiger partial charge on any atom is -0.353 e. The van der Waals surface area contributed by atoms with E-state index in [1.807, 2.05) is 24.3 Å². The lowest BCUT2D eigenvalue weighted by molar-refractivity contribution is 0.468. The summed E-state index contributed by atoms with van der Waals surface area (Å²) in [5, 5.41) is 0.745. The molecule has 4 heteroatoms. The maximum absolute atomic E-state index is 5.95. The van der Waals surface area contributed by atoms with Crippen LogP contribution in [0.1, 0.15) is 5.56 Å². The molecule has 2 N–H and O–H groups in total. The standard InChI is InChI=1S/C11H14ClN3/c12-10-3-1-2-9(8-10)11-14-5-7-15(11)6-4-13/h1-3,8H,4-7,13H2. The average molecular weight is 224 g/mol. The summed E-state index contributed by atoms with van der Waals surface area (Å²) in [5.74, 6) is 1.02. The molecule has 2 rings (SSSR count). The van der Waals surface area contributed by atoms with Gasteiger partial charge in [0.1, 0.15) is 5.84 Å². The van der Waals surface area contributed by atoms with Crippen molar-refractivity contribution < 1.29 is 0 Å². The Hall–Kier alpha value is -1.06. The largest absolute Gasteiger partial charge is 0.353 e. The Bertz CT molecular complexity index is 376. The Labute approximate surface area is 94.5 Å². The number of rotatable bonds is 3. The molecule has 1 aromatic rings. The Morgan fingerprint density at radius 1 is 1.47 bits per heavy atom. The number of benzene rings is 1. The van der Waals surface area contributed by atoms with Gasteiger partial charge in [-0.05, 0) is 12.1 Å². The van der Waals surface area contributed by atoms with Gasteiger partial charge in [-0.15, -0.1) is 0 Å². The Kier molecular flexibility index (Phi) is 3.23. The molecule has 3 nitrogen and oxygen atoms in total. The number of nitrogens with zero attached hydrogens (tertiary/aromatic N) is 2. The maximum Gasteiger partial charge on any atom is 0.131 e.